The fourth-order valence-electron chi connectivity index (χ4n) is 7.49. The fourth-order valence-corrected chi connectivity index (χ4v) is 7.49. The lowest BCUT2D eigenvalue weighted by Gasteiger charge is -2.32. The summed E-state index contributed by atoms with van der Waals surface area (Å²) >= 11 is 0. The van der Waals surface area contributed by atoms with E-state index in [9.17, 15) is 34.5 Å². The third-order valence-electron chi connectivity index (χ3n) is 10.8. The van der Waals surface area contributed by atoms with Gasteiger partial charge in [-0.05, 0) is 86.5 Å². The maximum absolute atomic E-state index is 12.8. The Morgan fingerprint density at radius 2 is 1.87 bits per heavy atom. The minimum atomic E-state index is -1.89. The zero-order valence-electron chi connectivity index (χ0n) is 35.7. The van der Waals surface area contributed by atoms with E-state index in [1.165, 1.54) is 6.07 Å². The van der Waals surface area contributed by atoms with E-state index in [0.29, 0.717) is 60.7 Å². The molecule has 0 radical (unpaired) electrons. The van der Waals surface area contributed by atoms with Gasteiger partial charge in [0.2, 0.25) is 5.82 Å². The van der Waals surface area contributed by atoms with E-state index in [4.69, 9.17) is 14.5 Å². The van der Waals surface area contributed by atoms with Gasteiger partial charge in [0.15, 0.2) is 11.4 Å². The van der Waals surface area contributed by atoms with Crippen molar-refractivity contribution in [2.24, 2.45) is 0 Å². The van der Waals surface area contributed by atoms with E-state index in [0.717, 1.165) is 34.1 Å². The number of pyridine rings is 2. The topological polar surface area (TPSA) is 222 Å². The van der Waals surface area contributed by atoms with Crippen molar-refractivity contribution < 1.29 is 44.0 Å². The number of benzene rings is 2. The Morgan fingerprint density at radius 3 is 2.52 bits per heavy atom. The number of cyclic esters (lactones) is 1. The Bertz CT molecular complexity index is 2590. The Labute approximate surface area is 358 Å². The van der Waals surface area contributed by atoms with Crippen LogP contribution in [0.15, 0.2) is 72.1 Å². The molecular weight excluding hydrogens is 797 g/mol. The number of likely N-dealkylation sites (N-methyl/N-ethyl adjacent to an activating group) is 1. The molecule has 5 aromatic rings. The van der Waals surface area contributed by atoms with Gasteiger partial charge >= 0.3 is 5.97 Å². The lowest BCUT2D eigenvalue weighted by Crippen LogP contribution is -2.45. The number of carbonyl (C=O) groups excluding carboxylic acids is 4. The van der Waals surface area contributed by atoms with Gasteiger partial charge in [-0.2, -0.15) is 0 Å². The van der Waals surface area contributed by atoms with Crippen LogP contribution in [0.2, 0.25) is 0 Å². The third-order valence-corrected chi connectivity index (χ3v) is 10.8. The molecular formula is C45H50N8O9. The zero-order chi connectivity index (χ0) is 44.9. The molecule has 0 fully saturated rings. The summed E-state index contributed by atoms with van der Waals surface area (Å²) in [6, 6.07) is 11.7. The van der Waals surface area contributed by atoms with Crippen molar-refractivity contribution in [3.8, 4) is 34.3 Å². The predicted octanol–water partition coefficient (Wildman–Crippen LogP) is 4.47. The quantitative estimate of drug-likeness (QED) is 0.0949. The van der Waals surface area contributed by atoms with Gasteiger partial charge in [-0.3, -0.25) is 23.9 Å². The van der Waals surface area contributed by atoms with Gasteiger partial charge in [-0.1, -0.05) is 27.7 Å². The number of esters is 1. The highest BCUT2D eigenvalue weighted by Gasteiger charge is 2.44. The number of carbonyl (C=O) groups is 4. The average molecular weight is 847 g/mol. The second kappa shape index (κ2) is 18.7. The number of amides is 1. The predicted molar refractivity (Wildman–Crippen MR) is 229 cm³/mol. The van der Waals surface area contributed by atoms with Gasteiger partial charge in [0.25, 0.3) is 12.4 Å². The number of hydrogen-bond acceptors (Lipinski definition) is 15. The fraction of sp³-hybridized carbons (Fsp3) is 0.333. The number of nitrogens with zero attached hydrogens (tertiary/aromatic N) is 7. The van der Waals surface area contributed by atoms with Crippen LogP contribution >= 0.6 is 0 Å². The first kappa shape index (κ1) is 44.6. The number of phenolic OH excluding ortho intramolecular Hbond substituents is 2. The molecule has 4 N–H and O–H groups in total. The van der Waals surface area contributed by atoms with Crippen LogP contribution < -0.4 is 10.1 Å². The number of hydrogen-bond donors (Lipinski definition) is 4. The second-order valence-corrected chi connectivity index (χ2v) is 15.4. The summed E-state index contributed by atoms with van der Waals surface area (Å²) in [5, 5.41) is 43.7. The molecule has 2 aromatic carbocycles. The average Bonchev–Trinajstić information content (AvgIpc) is 3.82. The summed E-state index contributed by atoms with van der Waals surface area (Å²) in [7, 11) is 5.73. The van der Waals surface area contributed by atoms with Crippen molar-refractivity contribution in [1.82, 2.24) is 39.8 Å². The highest BCUT2D eigenvalue weighted by molar-refractivity contribution is 5.94. The van der Waals surface area contributed by atoms with Crippen LogP contribution in [0.1, 0.15) is 73.0 Å². The van der Waals surface area contributed by atoms with Crippen molar-refractivity contribution in [2.45, 2.75) is 58.6 Å². The first-order valence-corrected chi connectivity index (χ1v) is 20.1. The molecule has 0 saturated heterocycles. The van der Waals surface area contributed by atoms with E-state index in [1.807, 2.05) is 51.7 Å². The molecule has 17 heteroatoms. The Hall–Kier alpha value is -6.98. The van der Waals surface area contributed by atoms with Gasteiger partial charge in [0.1, 0.15) is 30.1 Å². The van der Waals surface area contributed by atoms with Crippen molar-refractivity contribution in [3.63, 3.8) is 0 Å². The van der Waals surface area contributed by atoms with Crippen LogP contribution in [0, 0.1) is 0 Å². The number of aryl methyl sites for hydroxylation is 1. The summed E-state index contributed by atoms with van der Waals surface area (Å²) in [4.78, 5) is 60.5. The van der Waals surface area contributed by atoms with E-state index >= 15 is 0 Å². The molecule has 1 amide bonds. The number of ether oxygens (including phenoxy) is 2. The molecule has 0 aliphatic carbocycles. The lowest BCUT2D eigenvalue weighted by molar-refractivity contribution is -0.162. The molecule has 7 rings (SSSR count). The molecule has 5 heterocycles. The van der Waals surface area contributed by atoms with Crippen molar-refractivity contribution in [2.75, 3.05) is 40.8 Å². The van der Waals surface area contributed by atoms with E-state index in [2.05, 4.69) is 20.5 Å². The second-order valence-electron chi connectivity index (χ2n) is 15.4. The van der Waals surface area contributed by atoms with Crippen LogP contribution in [0.4, 0.5) is 0 Å². The van der Waals surface area contributed by atoms with E-state index < -0.39 is 11.6 Å². The van der Waals surface area contributed by atoms with Crippen molar-refractivity contribution in [1.29, 1.82) is 0 Å². The molecule has 17 nitrogen and oxygen atoms in total. The van der Waals surface area contributed by atoms with Gasteiger partial charge in [0, 0.05) is 61.0 Å². The van der Waals surface area contributed by atoms with Gasteiger partial charge in [-0.25, -0.2) is 9.78 Å². The van der Waals surface area contributed by atoms with Crippen LogP contribution in [0.25, 0.3) is 33.7 Å². The van der Waals surface area contributed by atoms with Crippen LogP contribution in [-0.2, 0) is 32.1 Å². The van der Waals surface area contributed by atoms with Crippen LogP contribution in [0.3, 0.4) is 0 Å². The Balaban J connectivity index is 0.000000207. The molecule has 2 aliphatic rings. The number of phenols is 2. The summed E-state index contributed by atoms with van der Waals surface area (Å²) < 4.78 is 11.6. The number of aromatic hydroxyl groups is 2. The first-order chi connectivity index (χ1) is 29.7. The third kappa shape index (κ3) is 8.75. The van der Waals surface area contributed by atoms with E-state index in [-0.39, 0.29) is 59.1 Å². The minimum absolute atomic E-state index is 0.000319. The number of fused-ring (bicyclic) bond motifs is 2. The summed E-state index contributed by atoms with van der Waals surface area (Å²) in [5.74, 6) is -0.484. The normalized spacial score (nSPS) is 16.6. The maximum Gasteiger partial charge on any atom is 0.343 e. The molecule has 3 aromatic heterocycles. The number of aliphatic hydroxyl groups is 1. The minimum Gasteiger partial charge on any atom is -0.508 e. The Morgan fingerprint density at radius 1 is 1.10 bits per heavy atom. The molecule has 324 valence electrons. The number of aldehydes is 1. The van der Waals surface area contributed by atoms with E-state index in [1.54, 1.807) is 66.4 Å². The molecule has 0 saturated carbocycles. The van der Waals surface area contributed by atoms with Gasteiger partial charge < -0.3 is 39.9 Å². The molecule has 1 atom stereocenters. The smallest absolute Gasteiger partial charge is 0.343 e. The maximum atomic E-state index is 12.8. The molecule has 1 unspecified atom stereocenters. The van der Waals surface area contributed by atoms with Gasteiger partial charge in [-0.15, -0.1) is 10.2 Å². The standard InChI is InChI=1S/C24H24N2O6.C21H26N6O3/c1-4-16-17-8-15(32-13-28)6-7-20(17)25-22-18(16)10-26(3)21(22)9-19-14(11-27)12-31-23(29)24(19,30)5-2;1-13(2)15-10-16(18(29)11-17(15)28)19-24-25-20(21(30)23-8-9-26(3)4)27(19)14-6-5-7-22-12-14/h6-9,11,13,30H,4-5,10,12H2,1-3H3;5-7,10-13,28-29H,8-9H2,1-4H3,(H,23,30)/b21-9-;. The monoisotopic (exact) mass is 846 g/mol. The number of rotatable bonds is 13. The SMILES string of the molecule is CC(C)c1cc(-c2nnc(C(=O)NCCN(C)C)n2-c2cccnc2)c(O)cc1O.CCc1c2c(nc3ccc(OC=O)cc13)/C(=C/C1=C(C=O)COC(=O)C1(O)CC)N(C)C2. The largest absolute Gasteiger partial charge is 0.508 e. The molecule has 0 spiro atoms. The van der Waals surface area contributed by atoms with Gasteiger partial charge in [0.05, 0.1) is 34.4 Å². The van der Waals surface area contributed by atoms with Crippen molar-refractivity contribution in [3.05, 3.63) is 100 Å². The highest BCUT2D eigenvalue weighted by atomic mass is 16.6. The summed E-state index contributed by atoms with van der Waals surface area (Å²) in [5.41, 5.74) is 4.45. The number of aromatic nitrogens is 5. The molecule has 0 bridgehead atoms. The Kier molecular flexibility index (Phi) is 13.5. The number of nitrogens with one attached hydrogen (secondary N) is 1. The molecule has 2 aliphatic heterocycles. The van der Waals surface area contributed by atoms with Crippen molar-refractivity contribution >= 4 is 41.2 Å². The zero-order valence-corrected chi connectivity index (χ0v) is 35.7. The summed E-state index contributed by atoms with van der Waals surface area (Å²) in [6.45, 7) is 9.50. The molecule has 62 heavy (non-hydrogen) atoms. The summed E-state index contributed by atoms with van der Waals surface area (Å²) in [6.07, 6.45) is 6.32. The highest BCUT2D eigenvalue weighted by Crippen LogP contribution is 2.41. The first-order valence-electron chi connectivity index (χ1n) is 20.1. The lowest BCUT2D eigenvalue weighted by atomic mass is 9.85. The van der Waals surface area contributed by atoms with Crippen LogP contribution in [0.5, 0.6) is 17.2 Å². The van der Waals surface area contributed by atoms with Crippen LogP contribution in [-0.4, -0.2) is 121 Å².